The van der Waals surface area contributed by atoms with Crippen LogP contribution in [0.25, 0.3) is 0 Å². The average Bonchev–Trinajstić information content (AvgIpc) is 3.26. The van der Waals surface area contributed by atoms with Gasteiger partial charge in [-0.2, -0.15) is 5.10 Å². The van der Waals surface area contributed by atoms with Crippen molar-refractivity contribution in [2.75, 3.05) is 5.32 Å². The van der Waals surface area contributed by atoms with Crippen molar-refractivity contribution in [1.29, 1.82) is 0 Å². The standard InChI is InChI=1S/C17H25N5O2/c1-3-4-5-12-6-7-13(8-12)14-9-15(21-20-14)18-16(23)10-17-22-19-11(2)24-17/h9,12-13H,3-8,10H2,1-2H3,(H2,18,20,21,23)/t12-,13+/m1/s1. The van der Waals surface area contributed by atoms with Crippen molar-refractivity contribution in [3.8, 4) is 0 Å². The molecule has 2 aromatic heterocycles. The fourth-order valence-electron chi connectivity index (χ4n) is 3.46. The van der Waals surface area contributed by atoms with E-state index in [0.29, 0.717) is 23.5 Å². The largest absolute Gasteiger partial charge is 0.425 e. The van der Waals surface area contributed by atoms with Crippen molar-refractivity contribution in [1.82, 2.24) is 20.4 Å². The average molecular weight is 331 g/mol. The van der Waals surface area contributed by atoms with Gasteiger partial charge < -0.3 is 9.73 Å². The molecule has 2 N–H and O–H groups in total. The lowest BCUT2D eigenvalue weighted by molar-refractivity contribution is -0.115. The molecule has 7 nitrogen and oxygen atoms in total. The Kier molecular flexibility index (Phi) is 5.27. The fourth-order valence-corrected chi connectivity index (χ4v) is 3.46. The van der Waals surface area contributed by atoms with Gasteiger partial charge in [-0.3, -0.25) is 9.89 Å². The quantitative estimate of drug-likeness (QED) is 0.811. The summed E-state index contributed by atoms with van der Waals surface area (Å²) in [6.45, 7) is 3.94. The van der Waals surface area contributed by atoms with Crippen LogP contribution in [0, 0.1) is 12.8 Å². The molecular weight excluding hydrogens is 306 g/mol. The first kappa shape index (κ1) is 16.7. The maximum Gasteiger partial charge on any atom is 0.234 e. The highest BCUT2D eigenvalue weighted by Crippen LogP contribution is 2.40. The number of nitrogens with one attached hydrogen (secondary N) is 2. The third kappa shape index (κ3) is 4.21. The van der Waals surface area contributed by atoms with Crippen LogP contribution < -0.4 is 5.32 Å². The zero-order valence-electron chi connectivity index (χ0n) is 14.3. The molecule has 1 aliphatic carbocycles. The Hall–Kier alpha value is -2.18. The third-order valence-electron chi connectivity index (χ3n) is 4.69. The number of aromatic amines is 1. The Bertz CT molecular complexity index is 678. The molecule has 1 fully saturated rings. The summed E-state index contributed by atoms with van der Waals surface area (Å²) in [5, 5.41) is 17.6. The molecule has 1 saturated carbocycles. The molecular formula is C17H25N5O2. The van der Waals surface area contributed by atoms with Crippen LogP contribution in [0.15, 0.2) is 10.5 Å². The van der Waals surface area contributed by atoms with E-state index in [2.05, 4.69) is 32.6 Å². The smallest absolute Gasteiger partial charge is 0.234 e. The zero-order chi connectivity index (χ0) is 16.9. The topological polar surface area (TPSA) is 96.7 Å². The van der Waals surface area contributed by atoms with Crippen molar-refractivity contribution in [3.05, 3.63) is 23.5 Å². The molecule has 1 aliphatic rings. The predicted octanol–water partition coefficient (Wildman–Crippen LogP) is 3.36. The minimum absolute atomic E-state index is 0.0611. The van der Waals surface area contributed by atoms with Crippen molar-refractivity contribution >= 4 is 11.7 Å². The molecule has 2 heterocycles. The molecule has 0 bridgehead atoms. The van der Waals surface area contributed by atoms with Gasteiger partial charge in [-0.15, -0.1) is 10.2 Å². The fraction of sp³-hybridized carbons (Fsp3) is 0.647. The minimum atomic E-state index is -0.205. The number of unbranched alkanes of at least 4 members (excludes halogenated alkanes) is 1. The number of anilines is 1. The number of nitrogens with zero attached hydrogens (tertiary/aromatic N) is 3. The molecule has 0 saturated heterocycles. The molecule has 24 heavy (non-hydrogen) atoms. The Morgan fingerprint density at radius 3 is 3.04 bits per heavy atom. The second-order valence-electron chi connectivity index (χ2n) is 6.67. The summed E-state index contributed by atoms with van der Waals surface area (Å²) >= 11 is 0. The van der Waals surface area contributed by atoms with Gasteiger partial charge in [-0.05, 0) is 25.2 Å². The lowest BCUT2D eigenvalue weighted by Crippen LogP contribution is -2.14. The van der Waals surface area contributed by atoms with Crippen molar-refractivity contribution < 1.29 is 9.21 Å². The number of carbonyl (C=O) groups is 1. The summed E-state index contributed by atoms with van der Waals surface area (Å²) in [7, 11) is 0. The van der Waals surface area contributed by atoms with Crippen LogP contribution in [-0.4, -0.2) is 26.3 Å². The predicted molar refractivity (Wildman–Crippen MR) is 89.6 cm³/mol. The van der Waals surface area contributed by atoms with Crippen molar-refractivity contribution in [3.63, 3.8) is 0 Å². The van der Waals surface area contributed by atoms with Crippen LogP contribution in [0.1, 0.15) is 68.8 Å². The van der Waals surface area contributed by atoms with E-state index < -0.39 is 0 Å². The van der Waals surface area contributed by atoms with Crippen LogP contribution in [0.4, 0.5) is 5.82 Å². The van der Waals surface area contributed by atoms with Gasteiger partial charge in [0.15, 0.2) is 5.82 Å². The van der Waals surface area contributed by atoms with Crippen LogP contribution in [0.2, 0.25) is 0 Å². The molecule has 0 aliphatic heterocycles. The summed E-state index contributed by atoms with van der Waals surface area (Å²) < 4.78 is 5.21. The maximum atomic E-state index is 12.0. The van der Waals surface area contributed by atoms with Gasteiger partial charge >= 0.3 is 0 Å². The number of H-pyrrole nitrogens is 1. The van der Waals surface area contributed by atoms with E-state index in [-0.39, 0.29) is 12.3 Å². The van der Waals surface area contributed by atoms with Crippen molar-refractivity contribution in [2.45, 2.75) is 64.7 Å². The first-order chi connectivity index (χ1) is 11.6. The van der Waals surface area contributed by atoms with Crippen LogP contribution in [-0.2, 0) is 11.2 Å². The number of aromatic nitrogens is 4. The van der Waals surface area contributed by atoms with Gasteiger partial charge in [-0.25, -0.2) is 0 Å². The lowest BCUT2D eigenvalue weighted by Gasteiger charge is -2.09. The number of aryl methyl sites for hydroxylation is 1. The van der Waals surface area contributed by atoms with Crippen molar-refractivity contribution in [2.24, 2.45) is 5.92 Å². The van der Waals surface area contributed by atoms with Gasteiger partial charge in [0.25, 0.3) is 0 Å². The second-order valence-corrected chi connectivity index (χ2v) is 6.67. The Balaban J connectivity index is 1.51. The molecule has 0 radical (unpaired) electrons. The van der Waals surface area contributed by atoms with Gasteiger partial charge in [-0.1, -0.05) is 26.2 Å². The zero-order valence-corrected chi connectivity index (χ0v) is 14.3. The molecule has 2 atom stereocenters. The Morgan fingerprint density at radius 2 is 2.29 bits per heavy atom. The summed E-state index contributed by atoms with van der Waals surface area (Å²) in [6, 6.07) is 1.95. The molecule has 0 spiro atoms. The molecule has 1 amide bonds. The molecule has 130 valence electrons. The van der Waals surface area contributed by atoms with Gasteiger partial charge in [0.2, 0.25) is 17.7 Å². The van der Waals surface area contributed by atoms with Crippen LogP contribution in [0.5, 0.6) is 0 Å². The van der Waals surface area contributed by atoms with E-state index in [1.807, 2.05) is 6.07 Å². The first-order valence-electron chi connectivity index (χ1n) is 8.78. The summed E-state index contributed by atoms with van der Waals surface area (Å²) in [5.41, 5.74) is 1.12. The summed E-state index contributed by atoms with van der Waals surface area (Å²) in [6.07, 6.45) is 7.68. The van der Waals surface area contributed by atoms with Crippen LogP contribution in [0.3, 0.4) is 0 Å². The maximum absolute atomic E-state index is 12.0. The van der Waals surface area contributed by atoms with Crippen LogP contribution >= 0.6 is 0 Å². The lowest BCUT2D eigenvalue weighted by atomic mass is 9.98. The summed E-state index contributed by atoms with van der Waals surface area (Å²) in [5.74, 6) is 2.49. The molecule has 2 aromatic rings. The SMILES string of the molecule is CCCC[C@@H]1CC[C@H](c2cc(NC(=O)Cc3nnc(C)o3)n[nH]2)C1. The highest BCUT2D eigenvalue weighted by atomic mass is 16.4. The van der Waals surface area contributed by atoms with Gasteiger partial charge in [0.1, 0.15) is 6.42 Å². The van der Waals surface area contributed by atoms with E-state index >= 15 is 0 Å². The van der Waals surface area contributed by atoms with E-state index in [1.165, 1.54) is 38.5 Å². The number of hydrogen-bond acceptors (Lipinski definition) is 5. The highest BCUT2D eigenvalue weighted by Gasteiger charge is 2.27. The Labute approximate surface area is 141 Å². The molecule has 7 heteroatoms. The Morgan fingerprint density at radius 1 is 1.42 bits per heavy atom. The molecule has 0 unspecified atom stereocenters. The van der Waals surface area contributed by atoms with E-state index in [1.54, 1.807) is 6.92 Å². The molecule has 0 aromatic carbocycles. The third-order valence-corrected chi connectivity index (χ3v) is 4.69. The molecule has 3 rings (SSSR count). The van der Waals surface area contributed by atoms with Gasteiger partial charge in [0.05, 0.1) is 0 Å². The monoisotopic (exact) mass is 331 g/mol. The number of rotatable bonds is 7. The second kappa shape index (κ2) is 7.59. The normalized spacial score (nSPS) is 20.4. The highest BCUT2D eigenvalue weighted by molar-refractivity contribution is 5.90. The first-order valence-corrected chi connectivity index (χ1v) is 8.78. The van der Waals surface area contributed by atoms with Gasteiger partial charge in [0, 0.05) is 24.6 Å². The number of hydrogen-bond donors (Lipinski definition) is 2. The van der Waals surface area contributed by atoms with E-state index in [9.17, 15) is 4.79 Å². The number of carbonyl (C=O) groups excluding carboxylic acids is 1. The minimum Gasteiger partial charge on any atom is -0.425 e. The van der Waals surface area contributed by atoms with E-state index in [0.717, 1.165) is 11.6 Å². The number of amides is 1. The van der Waals surface area contributed by atoms with E-state index in [4.69, 9.17) is 4.42 Å². The summed E-state index contributed by atoms with van der Waals surface area (Å²) in [4.78, 5) is 12.0.